The number of benzene rings is 2. The van der Waals surface area contributed by atoms with Crippen molar-refractivity contribution in [3.63, 3.8) is 0 Å². The first-order valence-electron chi connectivity index (χ1n) is 8.94. The Morgan fingerprint density at radius 1 is 1.18 bits per heavy atom. The zero-order valence-corrected chi connectivity index (χ0v) is 16.6. The average Bonchev–Trinajstić information content (AvgIpc) is 2.64. The summed E-state index contributed by atoms with van der Waals surface area (Å²) in [7, 11) is 0. The minimum Gasteiger partial charge on any atom is -0.489 e. The number of carbonyl (C=O) groups excluding carboxylic acids is 1. The number of hydrogen-bond donors (Lipinski definition) is 3. The lowest BCUT2D eigenvalue weighted by Gasteiger charge is -2.17. The number of carbonyl (C=O) groups is 1. The van der Waals surface area contributed by atoms with Crippen molar-refractivity contribution in [1.29, 1.82) is 0 Å². The predicted octanol–water partition coefficient (Wildman–Crippen LogP) is 4.24. The van der Waals surface area contributed by atoms with E-state index in [1.807, 2.05) is 32.9 Å². The second kappa shape index (κ2) is 7.94. The highest BCUT2D eigenvalue weighted by atomic mass is 35.5. The standard InChI is InChI=1S/C21H22ClN3O3/c1-11(2)28-17-8-7-13-10-16(21(27)25-19(13)18(17)22)12(3)24-15-6-4-5-14(9-15)20(23)26/h4-12,24H,1-3H3,(H2,23,26)(H,25,27)/t12-/m0/s1. The number of nitrogens with two attached hydrogens (primary N) is 1. The Kier molecular flexibility index (Phi) is 5.61. The molecule has 0 spiro atoms. The molecule has 0 saturated carbocycles. The molecule has 3 aromatic rings. The summed E-state index contributed by atoms with van der Waals surface area (Å²) in [6.07, 6.45) is -0.0265. The molecular weight excluding hydrogens is 378 g/mol. The molecule has 1 heterocycles. The van der Waals surface area contributed by atoms with Gasteiger partial charge in [-0.1, -0.05) is 17.7 Å². The predicted molar refractivity (Wildman–Crippen MR) is 112 cm³/mol. The van der Waals surface area contributed by atoms with Gasteiger partial charge in [0, 0.05) is 22.2 Å². The molecular formula is C21H22ClN3O3. The molecule has 0 aliphatic carbocycles. The van der Waals surface area contributed by atoms with E-state index in [1.54, 1.807) is 30.3 Å². The van der Waals surface area contributed by atoms with Crippen molar-refractivity contribution in [2.45, 2.75) is 32.9 Å². The van der Waals surface area contributed by atoms with Crippen molar-refractivity contribution in [2.24, 2.45) is 5.73 Å². The number of aromatic amines is 1. The number of rotatable bonds is 6. The van der Waals surface area contributed by atoms with Crippen molar-refractivity contribution >= 4 is 34.1 Å². The SMILES string of the molecule is CC(C)Oc1ccc2cc([C@H](C)Nc3cccc(C(N)=O)c3)c(=O)[nH]c2c1Cl. The Hall–Kier alpha value is -2.99. The molecule has 4 N–H and O–H groups in total. The third kappa shape index (κ3) is 4.12. The minimum atomic E-state index is -0.506. The van der Waals surface area contributed by atoms with E-state index in [9.17, 15) is 9.59 Å². The molecule has 3 rings (SSSR count). The van der Waals surface area contributed by atoms with Gasteiger partial charge in [0.2, 0.25) is 5.91 Å². The van der Waals surface area contributed by atoms with Crippen LogP contribution in [0.25, 0.3) is 10.9 Å². The summed E-state index contributed by atoms with van der Waals surface area (Å²) < 4.78 is 5.68. The summed E-state index contributed by atoms with van der Waals surface area (Å²) in [4.78, 5) is 26.9. The fourth-order valence-corrected chi connectivity index (χ4v) is 3.26. The van der Waals surface area contributed by atoms with Gasteiger partial charge in [-0.25, -0.2) is 0 Å². The normalized spacial score (nSPS) is 12.2. The summed E-state index contributed by atoms with van der Waals surface area (Å²) in [6.45, 7) is 5.69. The van der Waals surface area contributed by atoms with Crippen LogP contribution in [0.4, 0.5) is 5.69 Å². The van der Waals surface area contributed by atoms with Crippen LogP contribution < -0.4 is 21.3 Å². The van der Waals surface area contributed by atoms with Gasteiger partial charge in [0.05, 0.1) is 17.7 Å². The van der Waals surface area contributed by atoms with Crippen LogP contribution in [0.2, 0.25) is 5.02 Å². The smallest absolute Gasteiger partial charge is 0.253 e. The minimum absolute atomic E-state index is 0.0265. The number of primary amides is 1. The molecule has 0 radical (unpaired) electrons. The second-order valence-corrected chi connectivity index (χ2v) is 7.25. The highest BCUT2D eigenvalue weighted by Crippen LogP contribution is 2.32. The number of ether oxygens (including phenoxy) is 1. The van der Waals surface area contributed by atoms with E-state index in [0.717, 1.165) is 5.39 Å². The fourth-order valence-electron chi connectivity index (χ4n) is 2.99. The lowest BCUT2D eigenvalue weighted by molar-refractivity contribution is 0.100. The number of pyridine rings is 1. The van der Waals surface area contributed by atoms with Gasteiger partial charge in [-0.3, -0.25) is 9.59 Å². The van der Waals surface area contributed by atoms with Gasteiger partial charge in [0.25, 0.3) is 5.56 Å². The van der Waals surface area contributed by atoms with Gasteiger partial charge in [0.15, 0.2) is 0 Å². The van der Waals surface area contributed by atoms with E-state index < -0.39 is 5.91 Å². The zero-order chi connectivity index (χ0) is 20.4. The number of hydrogen-bond acceptors (Lipinski definition) is 4. The third-order valence-electron chi connectivity index (χ3n) is 4.31. The highest BCUT2D eigenvalue weighted by molar-refractivity contribution is 6.36. The van der Waals surface area contributed by atoms with Crippen LogP contribution in [0.1, 0.15) is 42.7 Å². The van der Waals surface area contributed by atoms with Gasteiger partial charge in [0.1, 0.15) is 10.8 Å². The van der Waals surface area contributed by atoms with Crippen molar-refractivity contribution in [3.8, 4) is 5.75 Å². The summed E-state index contributed by atoms with van der Waals surface area (Å²) in [5.41, 5.74) is 7.25. The molecule has 0 aliphatic heterocycles. The number of anilines is 1. The van der Waals surface area contributed by atoms with Gasteiger partial charge < -0.3 is 20.8 Å². The first-order chi connectivity index (χ1) is 13.3. The molecule has 0 saturated heterocycles. The van der Waals surface area contributed by atoms with E-state index >= 15 is 0 Å². The summed E-state index contributed by atoms with van der Waals surface area (Å²) in [5, 5.41) is 4.41. The second-order valence-electron chi connectivity index (χ2n) is 6.87. The number of aromatic nitrogens is 1. The summed E-state index contributed by atoms with van der Waals surface area (Å²) in [6, 6.07) is 12.0. The van der Waals surface area contributed by atoms with Crippen LogP contribution in [0.15, 0.2) is 47.3 Å². The van der Waals surface area contributed by atoms with Gasteiger partial charge in [-0.2, -0.15) is 0 Å². The van der Waals surface area contributed by atoms with Crippen LogP contribution in [0.5, 0.6) is 5.75 Å². The lowest BCUT2D eigenvalue weighted by Crippen LogP contribution is -2.20. The van der Waals surface area contributed by atoms with E-state index in [2.05, 4.69) is 10.3 Å². The largest absolute Gasteiger partial charge is 0.489 e. The lowest BCUT2D eigenvalue weighted by atomic mass is 10.1. The van der Waals surface area contributed by atoms with Gasteiger partial charge >= 0.3 is 0 Å². The van der Waals surface area contributed by atoms with E-state index in [4.69, 9.17) is 22.1 Å². The Morgan fingerprint density at radius 2 is 1.93 bits per heavy atom. The number of nitrogens with one attached hydrogen (secondary N) is 2. The average molecular weight is 400 g/mol. The van der Waals surface area contributed by atoms with Gasteiger partial charge in [-0.15, -0.1) is 0 Å². The topological polar surface area (TPSA) is 97.2 Å². The monoisotopic (exact) mass is 399 g/mol. The Bertz CT molecular complexity index is 1090. The maximum absolute atomic E-state index is 12.7. The molecule has 0 unspecified atom stereocenters. The Labute approximate surface area is 167 Å². The van der Waals surface area contributed by atoms with E-state index in [0.29, 0.717) is 33.1 Å². The Morgan fingerprint density at radius 3 is 2.61 bits per heavy atom. The molecule has 0 aliphatic rings. The number of fused-ring (bicyclic) bond motifs is 1. The van der Waals surface area contributed by atoms with Crippen LogP contribution in [-0.2, 0) is 0 Å². The quantitative estimate of drug-likeness (QED) is 0.577. The summed E-state index contributed by atoms with van der Waals surface area (Å²) >= 11 is 6.41. The molecule has 0 bridgehead atoms. The molecule has 6 nitrogen and oxygen atoms in total. The van der Waals surface area contributed by atoms with Crippen LogP contribution in [0, 0.1) is 0 Å². The third-order valence-corrected chi connectivity index (χ3v) is 4.69. The van der Waals surface area contributed by atoms with Crippen molar-refractivity contribution in [1.82, 2.24) is 4.98 Å². The molecule has 2 aromatic carbocycles. The van der Waals surface area contributed by atoms with Crippen molar-refractivity contribution in [2.75, 3.05) is 5.32 Å². The van der Waals surface area contributed by atoms with E-state index in [-0.39, 0.29) is 17.7 Å². The molecule has 1 amide bonds. The molecule has 7 heteroatoms. The zero-order valence-electron chi connectivity index (χ0n) is 15.9. The van der Waals surface area contributed by atoms with Gasteiger partial charge in [-0.05, 0) is 57.2 Å². The van der Waals surface area contributed by atoms with Crippen molar-refractivity contribution < 1.29 is 9.53 Å². The number of amides is 1. The maximum Gasteiger partial charge on any atom is 0.253 e. The van der Waals surface area contributed by atoms with Crippen LogP contribution >= 0.6 is 11.6 Å². The maximum atomic E-state index is 12.7. The Balaban J connectivity index is 1.95. The first kappa shape index (κ1) is 19.8. The van der Waals surface area contributed by atoms with Crippen LogP contribution in [0.3, 0.4) is 0 Å². The fraction of sp³-hybridized carbons (Fsp3) is 0.238. The van der Waals surface area contributed by atoms with Crippen molar-refractivity contribution in [3.05, 3.63) is 69.0 Å². The van der Waals surface area contributed by atoms with Crippen LogP contribution in [-0.4, -0.2) is 17.0 Å². The molecule has 28 heavy (non-hydrogen) atoms. The highest BCUT2D eigenvalue weighted by Gasteiger charge is 2.15. The molecule has 1 atom stereocenters. The van der Waals surface area contributed by atoms with E-state index in [1.165, 1.54) is 0 Å². The number of H-pyrrole nitrogens is 1. The first-order valence-corrected chi connectivity index (χ1v) is 9.32. The number of halogens is 1. The summed E-state index contributed by atoms with van der Waals surface area (Å²) in [5.74, 6) is 0.0240. The molecule has 1 aromatic heterocycles. The molecule has 146 valence electrons. The molecule has 0 fully saturated rings.